The molecule has 2 aromatic heterocycles. The molecule has 0 atom stereocenters. The molecule has 0 spiro atoms. The van der Waals surface area contributed by atoms with E-state index in [4.69, 9.17) is 28.1 Å². The number of aromatic nitrogens is 3. The molecule has 0 saturated carbocycles. The van der Waals surface area contributed by atoms with Crippen LogP contribution >= 0.6 is 11.6 Å². The van der Waals surface area contributed by atoms with Crippen LogP contribution in [0, 0.1) is 5.41 Å². The maximum atomic E-state index is 6.22. The summed E-state index contributed by atoms with van der Waals surface area (Å²) in [5, 5.41) is 1.68. The highest BCUT2D eigenvalue weighted by atomic mass is 35.5. The summed E-state index contributed by atoms with van der Waals surface area (Å²) in [7, 11) is 0. The monoisotopic (exact) mass is 359 g/mol. The van der Waals surface area contributed by atoms with Gasteiger partial charge in [0.15, 0.2) is 5.82 Å². The molecule has 0 fully saturated rings. The van der Waals surface area contributed by atoms with Gasteiger partial charge in [-0.05, 0) is 36.6 Å². The molecule has 4 N–H and O–H groups in total. The molecule has 134 valence electrons. The van der Waals surface area contributed by atoms with E-state index in [0.29, 0.717) is 17.4 Å². The van der Waals surface area contributed by atoms with Crippen LogP contribution in [0.25, 0.3) is 21.9 Å². The zero-order chi connectivity index (χ0) is 18.2. The number of imidazole rings is 1. The van der Waals surface area contributed by atoms with Crippen molar-refractivity contribution in [1.29, 1.82) is 0 Å². The first-order chi connectivity index (χ1) is 11.9. The van der Waals surface area contributed by atoms with E-state index >= 15 is 0 Å². The Morgan fingerprint density at radius 1 is 1.24 bits per heavy atom. The predicted molar refractivity (Wildman–Crippen MR) is 106 cm³/mol. The molecule has 0 aliphatic carbocycles. The van der Waals surface area contributed by atoms with Gasteiger partial charge in [0.05, 0.1) is 11.0 Å². The number of nitrogen functional groups attached to an aromatic ring is 1. The number of hydrogen-bond acceptors (Lipinski definition) is 4. The standard InChI is InChI=1S/C19H26ClN5/c1-4-5-6-15-24-16-17(25(15)11-19(2,3)10-21)13-8-7-12(20)9-14(13)23-18(16)22/h7-9H,4-6,10-11,21H2,1-3H3,(H2,22,23). The molecular weight excluding hydrogens is 334 g/mol. The first-order valence-electron chi connectivity index (χ1n) is 8.80. The number of halogens is 1. The summed E-state index contributed by atoms with van der Waals surface area (Å²) in [4.78, 5) is 9.35. The third-order valence-corrected chi connectivity index (χ3v) is 4.87. The van der Waals surface area contributed by atoms with E-state index in [0.717, 1.165) is 53.6 Å². The number of pyridine rings is 1. The number of nitrogens with two attached hydrogens (primary N) is 2. The Bertz CT molecular complexity index is 913. The molecule has 0 unspecified atom stereocenters. The minimum Gasteiger partial charge on any atom is -0.382 e. The number of unbranched alkanes of at least 4 members (excludes halogenated alkanes) is 1. The highest BCUT2D eigenvalue weighted by molar-refractivity contribution is 6.31. The second-order valence-electron chi connectivity index (χ2n) is 7.44. The highest BCUT2D eigenvalue weighted by Gasteiger charge is 2.23. The second-order valence-corrected chi connectivity index (χ2v) is 7.88. The van der Waals surface area contributed by atoms with Crippen LogP contribution in [0.1, 0.15) is 39.4 Å². The summed E-state index contributed by atoms with van der Waals surface area (Å²) in [6.45, 7) is 7.92. The topological polar surface area (TPSA) is 82.8 Å². The number of nitrogens with zero attached hydrogens (tertiary/aromatic N) is 3. The van der Waals surface area contributed by atoms with Crippen molar-refractivity contribution < 1.29 is 0 Å². The lowest BCUT2D eigenvalue weighted by atomic mass is 9.93. The second kappa shape index (κ2) is 6.81. The third kappa shape index (κ3) is 3.44. The van der Waals surface area contributed by atoms with Gasteiger partial charge in [-0.1, -0.05) is 38.8 Å². The summed E-state index contributed by atoms with van der Waals surface area (Å²) in [6.07, 6.45) is 3.12. The lowest BCUT2D eigenvalue weighted by Gasteiger charge is -2.25. The number of hydrogen-bond donors (Lipinski definition) is 2. The van der Waals surface area contributed by atoms with Crippen molar-refractivity contribution >= 4 is 39.4 Å². The van der Waals surface area contributed by atoms with Crippen molar-refractivity contribution in [3.63, 3.8) is 0 Å². The maximum absolute atomic E-state index is 6.22. The minimum atomic E-state index is -0.0363. The molecule has 0 bridgehead atoms. The van der Waals surface area contributed by atoms with Gasteiger partial charge < -0.3 is 16.0 Å². The number of aryl methyl sites for hydroxylation is 1. The maximum Gasteiger partial charge on any atom is 0.152 e. The Labute approximate surface area is 153 Å². The zero-order valence-electron chi connectivity index (χ0n) is 15.1. The first kappa shape index (κ1) is 18.0. The summed E-state index contributed by atoms with van der Waals surface area (Å²) in [5.74, 6) is 1.50. The molecule has 1 aromatic carbocycles. The fraction of sp³-hybridized carbons (Fsp3) is 0.474. The Hall–Kier alpha value is -1.85. The molecule has 0 amide bonds. The molecule has 2 heterocycles. The number of benzene rings is 1. The molecule has 3 aromatic rings. The highest BCUT2D eigenvalue weighted by Crippen LogP contribution is 2.32. The van der Waals surface area contributed by atoms with Gasteiger partial charge in [0, 0.05) is 23.4 Å². The van der Waals surface area contributed by atoms with E-state index in [1.165, 1.54) is 0 Å². The average Bonchev–Trinajstić information content (AvgIpc) is 2.91. The molecule has 0 saturated heterocycles. The first-order valence-corrected chi connectivity index (χ1v) is 9.18. The van der Waals surface area contributed by atoms with Crippen molar-refractivity contribution in [2.45, 2.75) is 46.6 Å². The van der Waals surface area contributed by atoms with Crippen LogP contribution in [0.4, 0.5) is 5.82 Å². The van der Waals surface area contributed by atoms with Gasteiger partial charge in [-0.3, -0.25) is 0 Å². The lowest BCUT2D eigenvalue weighted by molar-refractivity contribution is 0.317. The largest absolute Gasteiger partial charge is 0.382 e. The van der Waals surface area contributed by atoms with Gasteiger partial charge in [0.25, 0.3) is 0 Å². The molecular formula is C19H26ClN5. The number of anilines is 1. The van der Waals surface area contributed by atoms with Gasteiger partial charge >= 0.3 is 0 Å². The van der Waals surface area contributed by atoms with Gasteiger partial charge in [-0.2, -0.15) is 0 Å². The van der Waals surface area contributed by atoms with E-state index in [1.807, 2.05) is 18.2 Å². The van der Waals surface area contributed by atoms with Crippen molar-refractivity contribution in [3.8, 4) is 0 Å². The zero-order valence-corrected chi connectivity index (χ0v) is 15.9. The van der Waals surface area contributed by atoms with Crippen LogP contribution in [0.2, 0.25) is 5.02 Å². The third-order valence-electron chi connectivity index (χ3n) is 4.64. The molecule has 0 radical (unpaired) electrons. The summed E-state index contributed by atoms with van der Waals surface area (Å²) in [6, 6.07) is 5.74. The molecule has 6 heteroatoms. The summed E-state index contributed by atoms with van der Waals surface area (Å²) in [5.41, 5.74) is 14.8. The van der Waals surface area contributed by atoms with Crippen LogP contribution in [0.15, 0.2) is 18.2 Å². The summed E-state index contributed by atoms with van der Waals surface area (Å²) >= 11 is 6.14. The van der Waals surface area contributed by atoms with E-state index in [9.17, 15) is 0 Å². The Balaban J connectivity index is 2.32. The van der Waals surface area contributed by atoms with Crippen LogP contribution in [0.5, 0.6) is 0 Å². The molecule has 0 aliphatic rings. The van der Waals surface area contributed by atoms with Gasteiger partial charge in [-0.15, -0.1) is 0 Å². The molecule has 3 rings (SSSR count). The number of fused-ring (bicyclic) bond motifs is 3. The van der Waals surface area contributed by atoms with Crippen LogP contribution < -0.4 is 11.5 Å². The van der Waals surface area contributed by atoms with Crippen molar-refractivity contribution in [3.05, 3.63) is 29.0 Å². The van der Waals surface area contributed by atoms with Crippen molar-refractivity contribution in [2.75, 3.05) is 12.3 Å². The SMILES string of the molecule is CCCCc1nc2c(N)nc3cc(Cl)ccc3c2n1CC(C)(C)CN. The predicted octanol–water partition coefficient (Wildman–Crippen LogP) is 4.15. The number of rotatable bonds is 6. The average molecular weight is 360 g/mol. The lowest BCUT2D eigenvalue weighted by Crippen LogP contribution is -2.29. The van der Waals surface area contributed by atoms with Gasteiger partial charge in [-0.25, -0.2) is 9.97 Å². The van der Waals surface area contributed by atoms with Crippen LogP contribution in [-0.2, 0) is 13.0 Å². The minimum absolute atomic E-state index is 0.0363. The van der Waals surface area contributed by atoms with E-state index in [-0.39, 0.29) is 5.41 Å². The van der Waals surface area contributed by atoms with Gasteiger partial charge in [0.2, 0.25) is 0 Å². The van der Waals surface area contributed by atoms with E-state index in [2.05, 4.69) is 30.3 Å². The smallest absolute Gasteiger partial charge is 0.152 e. The Kier molecular flexibility index (Phi) is 4.89. The van der Waals surface area contributed by atoms with E-state index in [1.54, 1.807) is 0 Å². The normalized spacial score (nSPS) is 12.4. The molecule has 0 aliphatic heterocycles. The van der Waals surface area contributed by atoms with Crippen LogP contribution in [-0.4, -0.2) is 21.1 Å². The quantitative estimate of drug-likeness (QED) is 0.692. The fourth-order valence-electron chi connectivity index (χ4n) is 3.12. The van der Waals surface area contributed by atoms with Crippen LogP contribution in [0.3, 0.4) is 0 Å². The van der Waals surface area contributed by atoms with Gasteiger partial charge in [0.1, 0.15) is 11.3 Å². The molecule has 5 nitrogen and oxygen atoms in total. The molecule has 25 heavy (non-hydrogen) atoms. The van der Waals surface area contributed by atoms with Crippen molar-refractivity contribution in [1.82, 2.24) is 14.5 Å². The Morgan fingerprint density at radius 3 is 2.68 bits per heavy atom. The van der Waals surface area contributed by atoms with E-state index < -0.39 is 0 Å². The Morgan fingerprint density at radius 2 is 2.00 bits per heavy atom. The summed E-state index contributed by atoms with van der Waals surface area (Å²) < 4.78 is 2.28. The fourth-order valence-corrected chi connectivity index (χ4v) is 3.29. The van der Waals surface area contributed by atoms with Crippen molar-refractivity contribution in [2.24, 2.45) is 11.1 Å².